The smallest absolute Gasteiger partial charge is 0.223 e. The average Bonchev–Trinajstić information content (AvgIpc) is 2.35. The number of rotatable bonds is 4. The predicted octanol–water partition coefficient (Wildman–Crippen LogP) is 1.29. The first-order chi connectivity index (χ1) is 9.88. The summed E-state index contributed by atoms with van der Waals surface area (Å²) >= 11 is 5.93. The zero-order chi connectivity index (χ0) is 15.6. The lowest BCUT2D eigenvalue weighted by Crippen LogP contribution is -2.19. The number of nitrogens with zero attached hydrogens (tertiary/aromatic N) is 3. The van der Waals surface area contributed by atoms with E-state index in [-0.39, 0.29) is 23.1 Å². The Kier molecular flexibility index (Phi) is 4.08. The Labute approximate surface area is 125 Å². The number of nitrogens with two attached hydrogens (primary N) is 3. The summed E-state index contributed by atoms with van der Waals surface area (Å²) in [7, 11) is 0. The van der Waals surface area contributed by atoms with Crippen molar-refractivity contribution in [3.8, 4) is 0 Å². The number of benzene rings is 1. The number of nitrogen functional groups attached to an aromatic ring is 3. The number of nitro groups is 1. The third-order valence-corrected chi connectivity index (χ3v) is 3.19. The lowest BCUT2D eigenvalue weighted by molar-refractivity contribution is -0.481. The molecule has 2 aromatic rings. The van der Waals surface area contributed by atoms with Gasteiger partial charge in [0.25, 0.3) is 0 Å². The van der Waals surface area contributed by atoms with Crippen LogP contribution in [-0.4, -0.2) is 21.4 Å². The molecule has 0 fully saturated rings. The Morgan fingerprint density at radius 2 is 1.86 bits per heavy atom. The largest absolute Gasteiger partial charge is 0.383 e. The normalized spacial score (nSPS) is 12.0. The third-order valence-electron chi connectivity index (χ3n) is 2.95. The van der Waals surface area contributed by atoms with Crippen molar-refractivity contribution in [2.45, 2.75) is 5.92 Å². The molecule has 1 atom stereocenters. The Morgan fingerprint density at radius 3 is 2.38 bits per heavy atom. The van der Waals surface area contributed by atoms with Crippen molar-refractivity contribution in [3.63, 3.8) is 0 Å². The first kappa shape index (κ1) is 14.8. The SMILES string of the molecule is Nc1nc(N)c(C(C[N+](=O)[O-])c2cccc(Cl)c2)c(N)n1. The zero-order valence-corrected chi connectivity index (χ0v) is 11.6. The summed E-state index contributed by atoms with van der Waals surface area (Å²) in [6, 6.07) is 6.68. The lowest BCUT2D eigenvalue weighted by Gasteiger charge is -2.17. The van der Waals surface area contributed by atoms with Gasteiger partial charge in [0.05, 0.1) is 11.5 Å². The van der Waals surface area contributed by atoms with Gasteiger partial charge in [-0.15, -0.1) is 0 Å². The van der Waals surface area contributed by atoms with Crippen LogP contribution in [0.5, 0.6) is 0 Å². The van der Waals surface area contributed by atoms with Crippen molar-refractivity contribution in [1.29, 1.82) is 0 Å². The maximum atomic E-state index is 11.0. The van der Waals surface area contributed by atoms with Crippen LogP contribution in [0.2, 0.25) is 5.02 Å². The molecular formula is C12H13ClN6O2. The summed E-state index contributed by atoms with van der Waals surface area (Å²) in [6.45, 7) is -0.415. The molecule has 1 aromatic carbocycles. The molecule has 0 amide bonds. The molecule has 110 valence electrons. The summed E-state index contributed by atoms with van der Waals surface area (Å²) in [5.74, 6) is -0.752. The Hall–Kier alpha value is -2.61. The highest BCUT2D eigenvalue weighted by Crippen LogP contribution is 2.33. The quantitative estimate of drug-likeness (QED) is 0.569. The van der Waals surface area contributed by atoms with E-state index in [1.54, 1.807) is 24.3 Å². The van der Waals surface area contributed by atoms with Gasteiger partial charge in [-0.2, -0.15) is 9.97 Å². The van der Waals surface area contributed by atoms with E-state index in [2.05, 4.69) is 9.97 Å². The van der Waals surface area contributed by atoms with Gasteiger partial charge < -0.3 is 17.2 Å². The van der Waals surface area contributed by atoms with Crippen LogP contribution in [-0.2, 0) is 0 Å². The molecule has 0 aliphatic heterocycles. The van der Waals surface area contributed by atoms with Crippen LogP contribution in [0.15, 0.2) is 24.3 Å². The van der Waals surface area contributed by atoms with Crippen LogP contribution in [0.1, 0.15) is 17.0 Å². The minimum Gasteiger partial charge on any atom is -0.383 e. The second-order valence-corrected chi connectivity index (χ2v) is 4.83. The molecule has 0 saturated carbocycles. The van der Waals surface area contributed by atoms with Crippen LogP contribution < -0.4 is 17.2 Å². The monoisotopic (exact) mass is 308 g/mol. The van der Waals surface area contributed by atoms with Crippen molar-refractivity contribution in [2.24, 2.45) is 0 Å². The van der Waals surface area contributed by atoms with Gasteiger partial charge in [0, 0.05) is 9.95 Å². The van der Waals surface area contributed by atoms with Gasteiger partial charge in [-0.25, -0.2) is 0 Å². The average molecular weight is 309 g/mol. The Balaban J connectivity index is 2.58. The highest BCUT2D eigenvalue weighted by molar-refractivity contribution is 6.30. The van der Waals surface area contributed by atoms with Crippen molar-refractivity contribution in [3.05, 3.63) is 50.5 Å². The molecule has 9 heteroatoms. The number of aromatic nitrogens is 2. The Bertz CT molecular complexity index is 670. The maximum absolute atomic E-state index is 11.0. The standard InChI is InChI=1S/C12H13ClN6O2/c13-7-3-1-2-6(4-7)8(5-19(20)21)9-10(14)17-12(16)18-11(9)15/h1-4,8H,5H2,(H6,14,15,16,17,18). The molecular weight excluding hydrogens is 296 g/mol. The van der Waals surface area contributed by atoms with Crippen molar-refractivity contribution < 1.29 is 4.92 Å². The first-order valence-corrected chi connectivity index (χ1v) is 6.32. The van der Waals surface area contributed by atoms with Gasteiger partial charge in [0.1, 0.15) is 11.6 Å². The third kappa shape index (κ3) is 3.29. The van der Waals surface area contributed by atoms with Gasteiger partial charge in [-0.3, -0.25) is 10.1 Å². The summed E-state index contributed by atoms with van der Waals surface area (Å²) in [6.07, 6.45) is 0. The predicted molar refractivity (Wildman–Crippen MR) is 80.4 cm³/mol. The number of halogens is 1. The van der Waals surface area contributed by atoms with Crippen LogP contribution in [0.3, 0.4) is 0 Å². The minimum atomic E-state index is -0.709. The van der Waals surface area contributed by atoms with E-state index >= 15 is 0 Å². The van der Waals surface area contributed by atoms with E-state index in [1.807, 2.05) is 0 Å². The van der Waals surface area contributed by atoms with Crippen LogP contribution in [0, 0.1) is 10.1 Å². The molecule has 1 unspecified atom stereocenters. The lowest BCUT2D eigenvalue weighted by atomic mass is 9.91. The second-order valence-electron chi connectivity index (χ2n) is 4.39. The molecule has 21 heavy (non-hydrogen) atoms. The molecule has 1 aromatic heterocycles. The Morgan fingerprint density at radius 1 is 1.24 bits per heavy atom. The van der Waals surface area contributed by atoms with E-state index in [0.717, 1.165) is 0 Å². The van der Waals surface area contributed by atoms with E-state index in [1.165, 1.54) is 0 Å². The topological polar surface area (TPSA) is 147 Å². The molecule has 0 saturated heterocycles. The summed E-state index contributed by atoms with van der Waals surface area (Å²) < 4.78 is 0. The summed E-state index contributed by atoms with van der Waals surface area (Å²) in [5.41, 5.74) is 18.0. The maximum Gasteiger partial charge on any atom is 0.223 e. The van der Waals surface area contributed by atoms with Gasteiger partial charge >= 0.3 is 0 Å². The van der Waals surface area contributed by atoms with Crippen molar-refractivity contribution in [1.82, 2.24) is 9.97 Å². The van der Waals surface area contributed by atoms with E-state index in [4.69, 9.17) is 28.8 Å². The van der Waals surface area contributed by atoms with Gasteiger partial charge in [-0.05, 0) is 17.7 Å². The van der Waals surface area contributed by atoms with Gasteiger partial charge in [0.15, 0.2) is 0 Å². The highest BCUT2D eigenvalue weighted by atomic mass is 35.5. The molecule has 0 aliphatic carbocycles. The van der Waals surface area contributed by atoms with Crippen LogP contribution >= 0.6 is 11.6 Å². The van der Waals surface area contributed by atoms with E-state index in [9.17, 15) is 10.1 Å². The molecule has 0 spiro atoms. The van der Waals surface area contributed by atoms with Crippen LogP contribution in [0.4, 0.5) is 17.6 Å². The first-order valence-electron chi connectivity index (χ1n) is 5.94. The fraction of sp³-hybridized carbons (Fsp3) is 0.167. The van der Waals surface area contributed by atoms with Crippen molar-refractivity contribution >= 4 is 29.2 Å². The summed E-state index contributed by atoms with van der Waals surface area (Å²) in [4.78, 5) is 18.1. The van der Waals surface area contributed by atoms with Gasteiger partial charge in [-0.1, -0.05) is 23.7 Å². The molecule has 6 N–H and O–H groups in total. The van der Waals surface area contributed by atoms with Crippen LogP contribution in [0.25, 0.3) is 0 Å². The molecule has 8 nitrogen and oxygen atoms in total. The van der Waals surface area contributed by atoms with E-state index < -0.39 is 17.4 Å². The molecule has 0 bridgehead atoms. The minimum absolute atomic E-state index is 0.0202. The fourth-order valence-corrected chi connectivity index (χ4v) is 2.32. The number of anilines is 3. The molecule has 1 heterocycles. The number of hydrogen-bond donors (Lipinski definition) is 3. The number of hydrogen-bond acceptors (Lipinski definition) is 7. The molecule has 2 rings (SSSR count). The van der Waals surface area contributed by atoms with Gasteiger partial charge in [0.2, 0.25) is 12.5 Å². The second kappa shape index (κ2) is 5.80. The van der Waals surface area contributed by atoms with E-state index in [0.29, 0.717) is 10.6 Å². The fourth-order valence-electron chi connectivity index (χ4n) is 2.12. The zero-order valence-electron chi connectivity index (χ0n) is 10.9. The molecule has 0 aliphatic rings. The van der Waals surface area contributed by atoms with Crippen molar-refractivity contribution in [2.75, 3.05) is 23.7 Å². The highest BCUT2D eigenvalue weighted by Gasteiger charge is 2.26. The molecule has 0 radical (unpaired) electrons. The summed E-state index contributed by atoms with van der Waals surface area (Å²) in [5, 5.41) is 11.4.